The van der Waals surface area contributed by atoms with Crippen molar-refractivity contribution in [1.29, 1.82) is 0 Å². The summed E-state index contributed by atoms with van der Waals surface area (Å²) in [6.45, 7) is 0. The Hall–Kier alpha value is -2.72. The van der Waals surface area contributed by atoms with Crippen molar-refractivity contribution in [3.05, 3.63) is 118 Å². The lowest BCUT2D eigenvalue weighted by Crippen LogP contribution is -2.27. The quantitative estimate of drug-likeness (QED) is 0.282. The fraction of sp³-hybridized carbons (Fsp3) is 0.0370. The van der Waals surface area contributed by atoms with Gasteiger partial charge in [0.15, 0.2) is 0 Å². The van der Waals surface area contributed by atoms with Gasteiger partial charge in [-0.1, -0.05) is 94.8 Å². The summed E-state index contributed by atoms with van der Waals surface area (Å²) in [4.78, 5) is 1.17. The predicted octanol–water partition coefficient (Wildman–Crippen LogP) is 7.60. The first-order valence-corrected chi connectivity index (χ1v) is 11.5. The molecule has 0 bridgehead atoms. The zero-order chi connectivity index (χ0) is 20.3. The van der Waals surface area contributed by atoms with Gasteiger partial charge in [-0.05, 0) is 34.7 Å². The molecule has 30 heavy (non-hydrogen) atoms. The molecule has 3 heteroatoms. The zero-order valence-electron chi connectivity index (χ0n) is 16.0. The lowest BCUT2D eigenvalue weighted by molar-refractivity contribution is 0.131. The van der Waals surface area contributed by atoms with Crippen molar-refractivity contribution in [1.82, 2.24) is 0 Å². The van der Waals surface area contributed by atoms with Crippen molar-refractivity contribution in [3.8, 4) is 21.6 Å². The maximum atomic E-state index is 12.4. The van der Waals surface area contributed by atoms with Gasteiger partial charge in [-0.25, -0.2) is 0 Å². The van der Waals surface area contributed by atoms with Crippen LogP contribution in [-0.4, -0.2) is 5.11 Å². The number of hydrogen-bond acceptors (Lipinski definition) is 2. The van der Waals surface area contributed by atoms with Gasteiger partial charge in [-0.2, -0.15) is 0 Å². The van der Waals surface area contributed by atoms with Crippen LogP contribution in [0.3, 0.4) is 0 Å². The van der Waals surface area contributed by atoms with E-state index in [1.165, 1.54) is 15.0 Å². The fourth-order valence-corrected chi connectivity index (χ4v) is 6.36. The molecular formula is C27H17BrOS. The minimum Gasteiger partial charge on any atom is -0.376 e. The Morgan fingerprint density at radius 2 is 1.30 bits per heavy atom. The smallest absolute Gasteiger partial charge is 0.142 e. The third-order valence-corrected chi connectivity index (χ3v) is 7.81. The van der Waals surface area contributed by atoms with Gasteiger partial charge in [0, 0.05) is 36.3 Å². The molecule has 1 aliphatic rings. The molecule has 0 spiro atoms. The second-order valence-electron chi connectivity index (χ2n) is 7.61. The van der Waals surface area contributed by atoms with Crippen LogP contribution in [-0.2, 0) is 5.60 Å². The Labute approximate surface area is 187 Å². The molecular weight excluding hydrogens is 452 g/mol. The SMILES string of the molecule is OC1(c2ccccc2-c2cc3ccccc3s2)c2ccccc2-c2c(Br)cccc21. The van der Waals surface area contributed by atoms with E-state index in [2.05, 4.69) is 70.5 Å². The molecule has 1 unspecified atom stereocenters. The molecule has 5 aromatic rings. The van der Waals surface area contributed by atoms with Crippen molar-refractivity contribution in [2.24, 2.45) is 0 Å². The van der Waals surface area contributed by atoms with E-state index >= 15 is 0 Å². The molecule has 1 nitrogen and oxygen atoms in total. The summed E-state index contributed by atoms with van der Waals surface area (Å²) in [5, 5.41) is 13.6. The molecule has 4 aromatic carbocycles. The van der Waals surface area contributed by atoms with E-state index in [1.807, 2.05) is 42.5 Å². The second-order valence-corrected chi connectivity index (χ2v) is 9.55. The molecule has 0 fully saturated rings. The molecule has 144 valence electrons. The monoisotopic (exact) mass is 468 g/mol. The van der Waals surface area contributed by atoms with Crippen molar-refractivity contribution in [3.63, 3.8) is 0 Å². The number of aliphatic hydroxyl groups is 1. The molecule has 0 amide bonds. The normalized spacial score (nSPS) is 17.1. The Kier molecular flexibility index (Phi) is 4.00. The topological polar surface area (TPSA) is 20.2 Å². The van der Waals surface area contributed by atoms with E-state index in [-0.39, 0.29) is 0 Å². The molecule has 1 aromatic heterocycles. The molecule has 1 atom stereocenters. The summed E-state index contributed by atoms with van der Waals surface area (Å²) >= 11 is 5.49. The lowest BCUT2D eigenvalue weighted by atomic mass is 9.81. The summed E-state index contributed by atoms with van der Waals surface area (Å²) in [6, 6.07) is 33.2. The molecule has 0 saturated carbocycles. The highest BCUT2D eigenvalue weighted by Gasteiger charge is 2.45. The molecule has 0 radical (unpaired) electrons. The van der Waals surface area contributed by atoms with Gasteiger partial charge in [0.25, 0.3) is 0 Å². The number of rotatable bonds is 2. The van der Waals surface area contributed by atoms with Gasteiger partial charge in [0.1, 0.15) is 5.60 Å². The van der Waals surface area contributed by atoms with Crippen LogP contribution in [0.15, 0.2) is 102 Å². The van der Waals surface area contributed by atoms with Gasteiger partial charge >= 0.3 is 0 Å². The summed E-state index contributed by atoms with van der Waals surface area (Å²) in [5.41, 5.74) is 4.79. The van der Waals surface area contributed by atoms with Crippen LogP contribution < -0.4 is 0 Å². The van der Waals surface area contributed by atoms with Crippen LogP contribution in [0, 0.1) is 0 Å². The van der Waals surface area contributed by atoms with Crippen LogP contribution in [0.2, 0.25) is 0 Å². The highest BCUT2D eigenvalue weighted by atomic mass is 79.9. The van der Waals surface area contributed by atoms with Gasteiger partial charge in [0.05, 0.1) is 0 Å². The molecule has 6 rings (SSSR count). The minimum atomic E-state index is -1.21. The van der Waals surface area contributed by atoms with Crippen LogP contribution in [0.1, 0.15) is 16.7 Å². The number of fused-ring (bicyclic) bond motifs is 4. The summed E-state index contributed by atoms with van der Waals surface area (Å²) in [6.07, 6.45) is 0. The van der Waals surface area contributed by atoms with Gasteiger partial charge in [-0.3, -0.25) is 0 Å². The zero-order valence-corrected chi connectivity index (χ0v) is 18.4. The highest BCUT2D eigenvalue weighted by Crippen LogP contribution is 2.55. The van der Waals surface area contributed by atoms with Crippen molar-refractivity contribution in [2.45, 2.75) is 5.60 Å². The Balaban J connectivity index is 1.67. The third kappa shape index (κ3) is 2.43. The Morgan fingerprint density at radius 3 is 2.10 bits per heavy atom. The van der Waals surface area contributed by atoms with E-state index in [0.29, 0.717) is 0 Å². The van der Waals surface area contributed by atoms with Crippen LogP contribution in [0.25, 0.3) is 31.7 Å². The first kappa shape index (κ1) is 18.1. The maximum Gasteiger partial charge on any atom is 0.142 e. The average molecular weight is 469 g/mol. The van der Waals surface area contributed by atoms with E-state index in [9.17, 15) is 5.11 Å². The van der Waals surface area contributed by atoms with Crippen molar-refractivity contribution >= 4 is 37.4 Å². The largest absolute Gasteiger partial charge is 0.376 e. The molecule has 1 N–H and O–H groups in total. The number of halogens is 1. The van der Waals surface area contributed by atoms with Gasteiger partial charge in [-0.15, -0.1) is 11.3 Å². The summed E-state index contributed by atoms with van der Waals surface area (Å²) in [7, 11) is 0. The Bertz CT molecular complexity index is 1400. The molecule has 1 heterocycles. The summed E-state index contributed by atoms with van der Waals surface area (Å²) < 4.78 is 2.26. The maximum absolute atomic E-state index is 12.4. The standard InChI is InChI=1S/C27H17BrOS/c28-23-14-7-13-22-26(23)19-10-3-5-12-21(19)27(22,29)20-11-4-2-9-18(20)25-16-17-8-1-6-15-24(17)30-25/h1-16,29H. The van der Waals surface area contributed by atoms with E-state index < -0.39 is 5.60 Å². The van der Waals surface area contributed by atoms with Crippen LogP contribution in [0.5, 0.6) is 0 Å². The van der Waals surface area contributed by atoms with E-state index in [1.54, 1.807) is 11.3 Å². The second kappa shape index (κ2) is 6.64. The first-order valence-electron chi connectivity index (χ1n) is 9.87. The van der Waals surface area contributed by atoms with Gasteiger partial charge < -0.3 is 5.11 Å². The number of benzene rings is 4. The highest BCUT2D eigenvalue weighted by molar-refractivity contribution is 9.10. The van der Waals surface area contributed by atoms with Crippen LogP contribution >= 0.6 is 27.3 Å². The summed E-state index contributed by atoms with van der Waals surface area (Å²) in [5.74, 6) is 0. The van der Waals surface area contributed by atoms with Crippen molar-refractivity contribution < 1.29 is 5.11 Å². The fourth-order valence-electron chi connectivity index (χ4n) is 4.68. The first-order chi connectivity index (χ1) is 14.7. The third-order valence-electron chi connectivity index (χ3n) is 6.00. The predicted molar refractivity (Wildman–Crippen MR) is 129 cm³/mol. The van der Waals surface area contributed by atoms with Crippen LogP contribution in [0.4, 0.5) is 0 Å². The number of thiophene rings is 1. The van der Waals surface area contributed by atoms with E-state index in [4.69, 9.17) is 0 Å². The van der Waals surface area contributed by atoms with Gasteiger partial charge in [0.2, 0.25) is 0 Å². The molecule has 0 aliphatic heterocycles. The number of hydrogen-bond donors (Lipinski definition) is 1. The molecule has 0 saturated heterocycles. The average Bonchev–Trinajstić information content (AvgIpc) is 3.33. The van der Waals surface area contributed by atoms with E-state index in [0.717, 1.165) is 37.9 Å². The molecule has 1 aliphatic carbocycles. The Morgan fingerprint density at radius 1 is 0.667 bits per heavy atom. The lowest BCUT2D eigenvalue weighted by Gasteiger charge is -2.28. The van der Waals surface area contributed by atoms with Crippen molar-refractivity contribution in [2.75, 3.05) is 0 Å². The minimum absolute atomic E-state index is 0.917.